The zero-order valence-corrected chi connectivity index (χ0v) is 6.43. The molecule has 3 nitrogen and oxygen atoms in total. The van der Waals surface area contributed by atoms with Crippen molar-refractivity contribution >= 4 is 24.4 Å². The molecule has 4 heteroatoms. The lowest BCUT2D eigenvalue weighted by molar-refractivity contribution is -0.140. The molecule has 0 aromatic carbocycles. The Morgan fingerprint density at radius 1 is 1.70 bits per heavy atom. The molecule has 0 aromatic heterocycles. The monoisotopic (exact) mass is 159 g/mol. The number of likely N-dealkylation sites (tertiary alicyclic amines) is 1. The first-order valence-corrected chi connectivity index (χ1v) is 3.83. The quantitative estimate of drug-likeness (QED) is 0.549. The molecule has 0 saturated carbocycles. The number of rotatable bonds is 1. The smallest absolute Gasteiger partial charge is 0.238 e. The molecule has 0 spiro atoms. The highest BCUT2D eigenvalue weighted by molar-refractivity contribution is 7.81. The van der Waals surface area contributed by atoms with Crippen molar-refractivity contribution in [2.45, 2.75) is 12.8 Å². The minimum atomic E-state index is -0.175. The van der Waals surface area contributed by atoms with Gasteiger partial charge >= 0.3 is 0 Å². The molecule has 0 radical (unpaired) electrons. The molecule has 56 valence electrons. The summed E-state index contributed by atoms with van der Waals surface area (Å²) >= 11 is 3.79. The lowest BCUT2D eigenvalue weighted by atomic mass is 10.4. The molecule has 10 heavy (non-hydrogen) atoms. The predicted octanol–water partition coefficient (Wildman–Crippen LogP) is 0.0652. The fourth-order valence-corrected chi connectivity index (χ4v) is 1.17. The van der Waals surface area contributed by atoms with Gasteiger partial charge in [-0.25, -0.2) is 0 Å². The number of carbonyl (C=O) groups is 2. The highest BCUT2D eigenvalue weighted by Crippen LogP contribution is 2.09. The van der Waals surface area contributed by atoms with Gasteiger partial charge in [0.05, 0.1) is 5.75 Å². The van der Waals surface area contributed by atoms with Crippen LogP contribution in [0, 0.1) is 0 Å². The Morgan fingerprint density at radius 3 is 2.80 bits per heavy atom. The van der Waals surface area contributed by atoms with Crippen molar-refractivity contribution in [3.8, 4) is 0 Å². The highest BCUT2D eigenvalue weighted by atomic mass is 32.1. The standard InChI is InChI=1S/C6H9NO2S/c8-5-2-1-3-7(5)6(9)4-10/h10H,1-4H2. The van der Waals surface area contributed by atoms with Crippen molar-refractivity contribution in [3.63, 3.8) is 0 Å². The molecular formula is C6H9NO2S. The lowest BCUT2D eigenvalue weighted by Gasteiger charge is -2.10. The number of nitrogens with zero attached hydrogens (tertiary/aromatic N) is 1. The third kappa shape index (κ3) is 1.31. The molecule has 1 aliphatic heterocycles. The summed E-state index contributed by atoms with van der Waals surface area (Å²) in [4.78, 5) is 23.0. The van der Waals surface area contributed by atoms with Crippen molar-refractivity contribution in [1.29, 1.82) is 0 Å². The van der Waals surface area contributed by atoms with Crippen LogP contribution in [0.25, 0.3) is 0 Å². The average Bonchev–Trinajstić information content (AvgIpc) is 2.34. The summed E-state index contributed by atoms with van der Waals surface area (Å²) in [5.41, 5.74) is 0. The normalized spacial score (nSPS) is 18.1. The number of amides is 2. The second-order valence-electron chi connectivity index (χ2n) is 2.20. The molecule has 1 rings (SSSR count). The maximum Gasteiger partial charge on any atom is 0.238 e. The SMILES string of the molecule is O=C(CS)N1CCCC1=O. The number of hydrogen-bond donors (Lipinski definition) is 1. The molecular weight excluding hydrogens is 150 g/mol. The molecule has 0 atom stereocenters. The Kier molecular flexibility index (Phi) is 2.32. The van der Waals surface area contributed by atoms with Crippen LogP contribution in [-0.2, 0) is 9.59 Å². The first-order chi connectivity index (χ1) is 4.75. The molecule has 0 N–H and O–H groups in total. The summed E-state index contributed by atoms with van der Waals surface area (Å²) in [7, 11) is 0. The maximum absolute atomic E-state index is 10.9. The maximum atomic E-state index is 10.9. The number of hydrogen-bond acceptors (Lipinski definition) is 3. The molecule has 1 aliphatic rings. The van der Waals surface area contributed by atoms with E-state index in [0.717, 1.165) is 6.42 Å². The molecule has 0 aliphatic carbocycles. The van der Waals surface area contributed by atoms with E-state index in [4.69, 9.17) is 0 Å². The summed E-state index contributed by atoms with van der Waals surface area (Å²) in [5.74, 6) is -0.101. The van der Waals surface area contributed by atoms with E-state index in [-0.39, 0.29) is 17.6 Å². The summed E-state index contributed by atoms with van der Waals surface area (Å²) in [6.45, 7) is 0.582. The zero-order chi connectivity index (χ0) is 7.56. The predicted molar refractivity (Wildman–Crippen MR) is 39.8 cm³/mol. The van der Waals surface area contributed by atoms with Gasteiger partial charge in [-0.1, -0.05) is 0 Å². The van der Waals surface area contributed by atoms with Crippen LogP contribution in [0.15, 0.2) is 0 Å². The summed E-state index contributed by atoms with van der Waals surface area (Å²) in [6, 6.07) is 0. The third-order valence-corrected chi connectivity index (χ3v) is 1.78. The van der Waals surface area contributed by atoms with Gasteiger partial charge in [0.1, 0.15) is 0 Å². The zero-order valence-electron chi connectivity index (χ0n) is 5.54. The lowest BCUT2D eigenvalue weighted by Crippen LogP contribution is -2.32. The van der Waals surface area contributed by atoms with E-state index in [9.17, 15) is 9.59 Å². The van der Waals surface area contributed by atoms with Crippen LogP contribution in [0.4, 0.5) is 0 Å². The van der Waals surface area contributed by atoms with E-state index >= 15 is 0 Å². The van der Waals surface area contributed by atoms with Gasteiger partial charge in [0, 0.05) is 13.0 Å². The number of imide groups is 1. The van der Waals surface area contributed by atoms with E-state index < -0.39 is 0 Å². The third-order valence-electron chi connectivity index (χ3n) is 1.51. The molecule has 1 fully saturated rings. The van der Waals surface area contributed by atoms with E-state index in [2.05, 4.69) is 12.6 Å². The van der Waals surface area contributed by atoms with Gasteiger partial charge in [0.2, 0.25) is 11.8 Å². The molecule has 0 bridgehead atoms. The number of carbonyl (C=O) groups excluding carboxylic acids is 2. The van der Waals surface area contributed by atoms with Crippen LogP contribution in [-0.4, -0.2) is 29.0 Å². The van der Waals surface area contributed by atoms with Crippen LogP contribution >= 0.6 is 12.6 Å². The van der Waals surface area contributed by atoms with Gasteiger partial charge in [-0.15, -0.1) is 0 Å². The Labute approximate surface area is 64.8 Å². The van der Waals surface area contributed by atoms with Crippen molar-refractivity contribution in [1.82, 2.24) is 4.90 Å². The van der Waals surface area contributed by atoms with Crippen molar-refractivity contribution in [2.24, 2.45) is 0 Å². The van der Waals surface area contributed by atoms with Crippen LogP contribution in [0.2, 0.25) is 0 Å². The average molecular weight is 159 g/mol. The van der Waals surface area contributed by atoms with E-state index in [1.165, 1.54) is 4.90 Å². The summed E-state index contributed by atoms with van der Waals surface area (Å²) < 4.78 is 0. The van der Waals surface area contributed by atoms with Gasteiger partial charge in [-0.3, -0.25) is 14.5 Å². The fraction of sp³-hybridized carbons (Fsp3) is 0.667. The molecule has 1 heterocycles. The van der Waals surface area contributed by atoms with E-state index in [0.29, 0.717) is 13.0 Å². The molecule has 0 aromatic rings. The van der Waals surface area contributed by atoms with Gasteiger partial charge in [0.25, 0.3) is 0 Å². The van der Waals surface area contributed by atoms with Gasteiger partial charge in [0.15, 0.2) is 0 Å². The van der Waals surface area contributed by atoms with Gasteiger partial charge < -0.3 is 0 Å². The Bertz CT molecular complexity index is 169. The summed E-state index contributed by atoms with van der Waals surface area (Å²) in [6.07, 6.45) is 1.32. The van der Waals surface area contributed by atoms with Crippen LogP contribution in [0.3, 0.4) is 0 Å². The largest absolute Gasteiger partial charge is 0.282 e. The summed E-state index contributed by atoms with van der Waals surface area (Å²) in [5, 5.41) is 0. The van der Waals surface area contributed by atoms with Gasteiger partial charge in [-0.05, 0) is 6.42 Å². The second kappa shape index (κ2) is 3.05. The second-order valence-corrected chi connectivity index (χ2v) is 2.52. The van der Waals surface area contributed by atoms with Crippen molar-refractivity contribution < 1.29 is 9.59 Å². The molecule has 2 amide bonds. The number of thiol groups is 1. The molecule has 0 unspecified atom stereocenters. The Balaban J connectivity index is 2.55. The van der Waals surface area contributed by atoms with Crippen LogP contribution in [0.1, 0.15) is 12.8 Å². The fourth-order valence-electron chi connectivity index (χ4n) is 0.997. The van der Waals surface area contributed by atoms with Crippen molar-refractivity contribution in [2.75, 3.05) is 12.3 Å². The van der Waals surface area contributed by atoms with Crippen molar-refractivity contribution in [3.05, 3.63) is 0 Å². The first kappa shape index (κ1) is 7.60. The highest BCUT2D eigenvalue weighted by Gasteiger charge is 2.24. The minimum absolute atomic E-state index is 0.0564. The molecule has 1 saturated heterocycles. The van der Waals surface area contributed by atoms with Crippen LogP contribution < -0.4 is 0 Å². The van der Waals surface area contributed by atoms with Gasteiger partial charge in [-0.2, -0.15) is 12.6 Å². The van der Waals surface area contributed by atoms with E-state index in [1.807, 2.05) is 0 Å². The topological polar surface area (TPSA) is 37.4 Å². The first-order valence-electron chi connectivity index (χ1n) is 3.20. The Hall–Kier alpha value is -0.510. The minimum Gasteiger partial charge on any atom is -0.282 e. The van der Waals surface area contributed by atoms with E-state index in [1.54, 1.807) is 0 Å². The van der Waals surface area contributed by atoms with Crippen LogP contribution in [0.5, 0.6) is 0 Å². The Morgan fingerprint density at radius 2 is 2.40 bits per heavy atom.